The summed E-state index contributed by atoms with van der Waals surface area (Å²) < 4.78 is 4.81. The van der Waals surface area contributed by atoms with Crippen LogP contribution in [-0.4, -0.2) is 16.0 Å². The summed E-state index contributed by atoms with van der Waals surface area (Å²) >= 11 is 0. The molecule has 0 aliphatic heterocycles. The highest BCUT2D eigenvalue weighted by atomic mass is 16.5. The van der Waals surface area contributed by atoms with Crippen molar-refractivity contribution in [2.45, 2.75) is 6.54 Å². The van der Waals surface area contributed by atoms with Crippen LogP contribution in [0, 0.1) is 0 Å². The topological polar surface area (TPSA) is 88.0 Å². The van der Waals surface area contributed by atoms with Gasteiger partial charge in [-0.25, -0.2) is 0 Å². The summed E-state index contributed by atoms with van der Waals surface area (Å²) in [4.78, 5) is 25.0. The second kappa shape index (κ2) is 4.43. The van der Waals surface area contributed by atoms with E-state index in [4.69, 9.17) is 4.52 Å². The Bertz CT molecular complexity index is 530. The molecule has 2 heterocycles. The van der Waals surface area contributed by atoms with Crippen LogP contribution in [0.1, 0.15) is 16.1 Å². The van der Waals surface area contributed by atoms with Gasteiger partial charge in [-0.2, -0.15) is 0 Å². The van der Waals surface area contributed by atoms with Crippen molar-refractivity contribution in [2.75, 3.05) is 0 Å². The van der Waals surface area contributed by atoms with Gasteiger partial charge >= 0.3 is 0 Å². The van der Waals surface area contributed by atoms with Crippen LogP contribution in [-0.2, 0) is 6.54 Å². The lowest BCUT2D eigenvalue weighted by molar-refractivity contribution is 0.0947. The van der Waals surface area contributed by atoms with Crippen LogP contribution in [0.4, 0.5) is 0 Å². The molecule has 2 N–H and O–H groups in total. The smallest absolute Gasteiger partial charge is 0.251 e. The summed E-state index contributed by atoms with van der Waals surface area (Å²) in [6, 6.07) is 4.41. The molecular weight excluding hydrogens is 210 g/mol. The number of nitrogens with zero attached hydrogens (tertiary/aromatic N) is 1. The number of hydrogen-bond acceptors (Lipinski definition) is 4. The lowest BCUT2D eigenvalue weighted by Crippen LogP contribution is -2.24. The molecule has 0 bridgehead atoms. The van der Waals surface area contributed by atoms with E-state index in [9.17, 15) is 9.59 Å². The summed E-state index contributed by atoms with van der Waals surface area (Å²) in [6.45, 7) is 0.242. The second-order valence-electron chi connectivity index (χ2n) is 3.10. The maximum absolute atomic E-state index is 11.6. The lowest BCUT2D eigenvalue weighted by Gasteiger charge is -2.01. The van der Waals surface area contributed by atoms with Gasteiger partial charge in [-0.15, -0.1) is 0 Å². The van der Waals surface area contributed by atoms with Crippen LogP contribution in [0.5, 0.6) is 0 Å². The fourth-order valence-electron chi connectivity index (χ4n) is 1.19. The average molecular weight is 219 g/mol. The van der Waals surface area contributed by atoms with Gasteiger partial charge in [-0.1, -0.05) is 5.16 Å². The molecule has 0 aromatic carbocycles. The molecule has 0 aliphatic rings. The zero-order valence-corrected chi connectivity index (χ0v) is 8.27. The molecule has 82 valence electrons. The van der Waals surface area contributed by atoms with E-state index in [1.54, 1.807) is 6.07 Å². The maximum atomic E-state index is 11.6. The van der Waals surface area contributed by atoms with Crippen molar-refractivity contribution in [1.29, 1.82) is 0 Å². The van der Waals surface area contributed by atoms with Gasteiger partial charge in [-0.3, -0.25) is 9.59 Å². The number of carbonyl (C=O) groups is 1. The maximum Gasteiger partial charge on any atom is 0.251 e. The third-order valence-electron chi connectivity index (χ3n) is 1.95. The minimum Gasteiger partial charge on any atom is -0.360 e. The number of hydrogen-bond donors (Lipinski definition) is 2. The van der Waals surface area contributed by atoms with Crippen LogP contribution in [0.15, 0.2) is 39.9 Å². The number of rotatable bonds is 3. The monoisotopic (exact) mass is 219 g/mol. The van der Waals surface area contributed by atoms with E-state index < -0.39 is 0 Å². The Morgan fingerprint density at radius 2 is 2.38 bits per heavy atom. The highest BCUT2D eigenvalue weighted by Gasteiger charge is 2.06. The molecule has 16 heavy (non-hydrogen) atoms. The van der Waals surface area contributed by atoms with Crippen molar-refractivity contribution < 1.29 is 9.32 Å². The van der Waals surface area contributed by atoms with E-state index >= 15 is 0 Å². The van der Waals surface area contributed by atoms with Crippen LogP contribution in [0.2, 0.25) is 0 Å². The van der Waals surface area contributed by atoms with Crippen LogP contribution < -0.4 is 10.9 Å². The number of aromatic nitrogens is 2. The van der Waals surface area contributed by atoms with E-state index in [0.29, 0.717) is 11.3 Å². The van der Waals surface area contributed by atoms with Crippen molar-refractivity contribution in [2.24, 2.45) is 0 Å². The molecule has 1 amide bonds. The fourth-order valence-corrected chi connectivity index (χ4v) is 1.19. The molecule has 0 aliphatic carbocycles. The Kier molecular flexibility index (Phi) is 2.81. The van der Waals surface area contributed by atoms with Crippen molar-refractivity contribution >= 4 is 5.91 Å². The van der Waals surface area contributed by atoms with Crippen LogP contribution in [0.25, 0.3) is 0 Å². The minimum atomic E-state index is -0.331. The third kappa shape index (κ3) is 2.35. The Balaban J connectivity index is 2.01. The first-order valence-corrected chi connectivity index (χ1v) is 4.62. The van der Waals surface area contributed by atoms with Gasteiger partial charge in [-0.05, 0) is 6.07 Å². The highest BCUT2D eigenvalue weighted by Crippen LogP contribution is 1.97. The standard InChI is InChI=1S/C10H9N3O3/c14-9-5-7(1-3-11-9)10(15)12-6-8-2-4-13-16-8/h1-5H,6H2,(H,11,14)(H,12,15). The number of amides is 1. The van der Waals surface area contributed by atoms with E-state index in [1.165, 1.54) is 24.5 Å². The van der Waals surface area contributed by atoms with Crippen LogP contribution in [0.3, 0.4) is 0 Å². The molecule has 0 atom stereocenters. The number of nitrogens with one attached hydrogen (secondary N) is 2. The molecule has 0 saturated carbocycles. The number of pyridine rings is 1. The fraction of sp³-hybridized carbons (Fsp3) is 0.100. The SMILES string of the molecule is O=C(NCc1ccno1)c1cc[nH]c(=O)c1. The predicted octanol–water partition coefficient (Wildman–Crippen LogP) is 0.293. The van der Waals surface area contributed by atoms with Gasteiger partial charge < -0.3 is 14.8 Å². The molecule has 0 unspecified atom stereocenters. The van der Waals surface area contributed by atoms with Crippen LogP contribution >= 0.6 is 0 Å². The molecule has 0 spiro atoms. The third-order valence-corrected chi connectivity index (χ3v) is 1.95. The van der Waals surface area contributed by atoms with Gasteiger partial charge in [0.25, 0.3) is 5.91 Å². The first-order chi connectivity index (χ1) is 7.75. The zero-order chi connectivity index (χ0) is 11.4. The Morgan fingerprint density at radius 1 is 1.50 bits per heavy atom. The average Bonchev–Trinajstić information content (AvgIpc) is 2.78. The van der Waals surface area contributed by atoms with Gasteiger partial charge in [0, 0.05) is 23.9 Å². The normalized spacial score (nSPS) is 10.0. The Hall–Kier alpha value is -2.37. The minimum absolute atomic E-state index is 0.242. The molecule has 0 saturated heterocycles. The number of H-pyrrole nitrogens is 1. The molecule has 2 rings (SSSR count). The Labute approximate surface area is 90.3 Å². The molecule has 6 heteroatoms. The van der Waals surface area contributed by atoms with E-state index in [2.05, 4.69) is 15.5 Å². The van der Waals surface area contributed by atoms with E-state index in [1.807, 2.05) is 0 Å². The molecule has 0 radical (unpaired) electrons. The molecular formula is C10H9N3O3. The summed E-state index contributed by atoms with van der Waals surface area (Å²) in [6.07, 6.45) is 2.92. The van der Waals surface area contributed by atoms with Gasteiger partial charge in [0.15, 0.2) is 5.76 Å². The van der Waals surface area contributed by atoms with E-state index in [-0.39, 0.29) is 18.0 Å². The Morgan fingerprint density at radius 3 is 3.06 bits per heavy atom. The summed E-state index contributed by atoms with van der Waals surface area (Å²) in [5.74, 6) is 0.223. The molecule has 2 aromatic heterocycles. The predicted molar refractivity (Wildman–Crippen MR) is 54.7 cm³/mol. The largest absolute Gasteiger partial charge is 0.360 e. The molecule has 2 aromatic rings. The van der Waals surface area contributed by atoms with Gasteiger partial charge in [0.1, 0.15) is 0 Å². The second-order valence-corrected chi connectivity index (χ2v) is 3.10. The van der Waals surface area contributed by atoms with Crippen molar-refractivity contribution in [3.8, 4) is 0 Å². The first kappa shape index (κ1) is 10.2. The van der Waals surface area contributed by atoms with E-state index in [0.717, 1.165) is 0 Å². The summed E-state index contributed by atoms with van der Waals surface area (Å²) in [5.41, 5.74) is -0.00409. The highest BCUT2D eigenvalue weighted by molar-refractivity contribution is 5.93. The van der Waals surface area contributed by atoms with Crippen molar-refractivity contribution in [3.05, 3.63) is 52.3 Å². The first-order valence-electron chi connectivity index (χ1n) is 4.62. The zero-order valence-electron chi connectivity index (χ0n) is 8.27. The number of aromatic amines is 1. The van der Waals surface area contributed by atoms with Crippen molar-refractivity contribution in [3.63, 3.8) is 0 Å². The summed E-state index contributed by atoms with van der Waals surface area (Å²) in [7, 11) is 0. The number of carbonyl (C=O) groups excluding carboxylic acids is 1. The lowest BCUT2D eigenvalue weighted by atomic mass is 10.2. The van der Waals surface area contributed by atoms with Gasteiger partial charge in [0.05, 0.1) is 12.7 Å². The quantitative estimate of drug-likeness (QED) is 0.776. The summed E-state index contributed by atoms with van der Waals surface area (Å²) in [5, 5.41) is 6.11. The molecule has 6 nitrogen and oxygen atoms in total. The molecule has 0 fully saturated rings. The van der Waals surface area contributed by atoms with Gasteiger partial charge in [0.2, 0.25) is 5.56 Å². The van der Waals surface area contributed by atoms with Crippen molar-refractivity contribution in [1.82, 2.24) is 15.5 Å².